The van der Waals surface area contributed by atoms with Gasteiger partial charge in [0.1, 0.15) is 0 Å². The molecule has 0 N–H and O–H groups in total. The molecule has 0 aliphatic rings. The van der Waals surface area contributed by atoms with E-state index in [-0.39, 0.29) is 0 Å². The van der Waals surface area contributed by atoms with Crippen LogP contribution in [0.15, 0.2) is 29.3 Å². The van der Waals surface area contributed by atoms with Gasteiger partial charge < -0.3 is 4.99 Å². The Balaban J connectivity index is 2.58. The van der Waals surface area contributed by atoms with Crippen LogP contribution in [0.5, 0.6) is 0 Å². The maximum atomic E-state index is 5.71. The van der Waals surface area contributed by atoms with Crippen molar-refractivity contribution in [1.29, 1.82) is 0 Å². The van der Waals surface area contributed by atoms with Crippen LogP contribution in [0.3, 0.4) is 0 Å². The quantitative estimate of drug-likeness (QED) is 0.614. The summed E-state index contributed by atoms with van der Waals surface area (Å²) in [6.45, 7) is 4.20. The fourth-order valence-corrected chi connectivity index (χ4v) is 0.985. The highest BCUT2D eigenvalue weighted by Crippen LogP contribution is 2.09. The summed E-state index contributed by atoms with van der Waals surface area (Å²) in [6.07, 6.45) is 0.945. The van der Waals surface area contributed by atoms with E-state index in [4.69, 9.17) is 11.6 Å². The summed E-state index contributed by atoms with van der Waals surface area (Å²) < 4.78 is 0. The van der Waals surface area contributed by atoms with Crippen molar-refractivity contribution in [2.75, 3.05) is 6.54 Å². The normalized spacial score (nSPS) is 9.55. The maximum absolute atomic E-state index is 5.71. The molecule has 0 aliphatic carbocycles. The van der Waals surface area contributed by atoms with Gasteiger partial charge in [0.2, 0.25) is 0 Å². The number of hydrogen-bond donors (Lipinski definition) is 0. The maximum Gasteiger partial charge on any atom is 0.0422 e. The predicted molar refractivity (Wildman–Crippen MR) is 49.6 cm³/mol. The molecule has 0 radical (unpaired) electrons. The minimum atomic E-state index is 0.778. The van der Waals surface area contributed by atoms with Gasteiger partial charge in [-0.25, -0.2) is 0 Å². The first-order valence-corrected chi connectivity index (χ1v) is 3.87. The zero-order valence-corrected chi connectivity index (χ0v) is 7.01. The third kappa shape index (κ3) is 2.72. The van der Waals surface area contributed by atoms with Gasteiger partial charge in [0.15, 0.2) is 0 Å². The Morgan fingerprint density at radius 1 is 1.27 bits per heavy atom. The molecule has 0 aromatic heterocycles. The first kappa shape index (κ1) is 8.28. The Morgan fingerprint density at radius 3 is 2.45 bits per heavy atom. The highest BCUT2D eigenvalue weighted by molar-refractivity contribution is 6.30. The Labute approximate surface area is 71.7 Å². The smallest absolute Gasteiger partial charge is 0.0422 e. The molecule has 0 atom stereocenters. The number of hydrogen-bond acceptors (Lipinski definition) is 1. The van der Waals surface area contributed by atoms with E-state index >= 15 is 0 Å². The number of rotatable bonds is 3. The Kier molecular flexibility index (Phi) is 3.12. The molecule has 0 saturated heterocycles. The molecule has 0 fully saturated rings. The van der Waals surface area contributed by atoms with E-state index in [1.54, 1.807) is 0 Å². The second-order valence-corrected chi connectivity index (χ2v) is 2.76. The summed E-state index contributed by atoms with van der Waals surface area (Å²) in [5.41, 5.74) is 1.25. The number of halogens is 1. The van der Waals surface area contributed by atoms with Crippen molar-refractivity contribution in [3.05, 3.63) is 34.9 Å². The summed E-state index contributed by atoms with van der Waals surface area (Å²) in [7, 11) is 0. The Bertz CT molecular complexity index is 228. The Hall–Kier alpha value is -0.820. The largest absolute Gasteiger partial charge is 0.301 e. The molecule has 11 heavy (non-hydrogen) atoms. The third-order valence-electron chi connectivity index (χ3n) is 1.47. The lowest BCUT2D eigenvalue weighted by molar-refractivity contribution is 0.977. The second-order valence-electron chi connectivity index (χ2n) is 2.32. The van der Waals surface area contributed by atoms with Gasteiger partial charge in [-0.2, -0.15) is 0 Å². The number of aliphatic imine (C=N–C) groups is 1. The van der Waals surface area contributed by atoms with Gasteiger partial charge in [-0.1, -0.05) is 23.7 Å². The standard InChI is InChI=1S/C9H10ClN/c1-11-7-6-8-2-4-9(10)5-3-8/h2-5H,1,6-7H2. The molecule has 0 unspecified atom stereocenters. The van der Waals surface area contributed by atoms with Gasteiger partial charge in [-0.3, -0.25) is 0 Å². The molecule has 0 saturated carbocycles. The van der Waals surface area contributed by atoms with E-state index in [9.17, 15) is 0 Å². The molecule has 0 heterocycles. The van der Waals surface area contributed by atoms with Gasteiger partial charge in [-0.05, 0) is 30.8 Å². The lowest BCUT2D eigenvalue weighted by Crippen LogP contribution is -1.87. The van der Waals surface area contributed by atoms with Gasteiger partial charge in [-0.15, -0.1) is 0 Å². The van der Waals surface area contributed by atoms with Gasteiger partial charge >= 0.3 is 0 Å². The van der Waals surface area contributed by atoms with Crippen LogP contribution in [0.4, 0.5) is 0 Å². The summed E-state index contributed by atoms with van der Waals surface area (Å²) >= 11 is 5.71. The highest BCUT2D eigenvalue weighted by Gasteiger charge is 1.90. The lowest BCUT2D eigenvalue weighted by Gasteiger charge is -1.96. The molecule has 0 bridgehead atoms. The molecule has 2 heteroatoms. The van der Waals surface area contributed by atoms with Crippen LogP contribution in [0, 0.1) is 0 Å². The molecular formula is C9H10ClN. The van der Waals surface area contributed by atoms with E-state index in [2.05, 4.69) is 11.7 Å². The van der Waals surface area contributed by atoms with E-state index in [0.29, 0.717) is 0 Å². The summed E-state index contributed by atoms with van der Waals surface area (Å²) in [4.78, 5) is 3.77. The Morgan fingerprint density at radius 2 is 1.91 bits per heavy atom. The van der Waals surface area contributed by atoms with Crippen LogP contribution in [0.25, 0.3) is 0 Å². The van der Waals surface area contributed by atoms with Gasteiger partial charge in [0, 0.05) is 11.6 Å². The molecule has 0 spiro atoms. The number of benzene rings is 1. The zero-order valence-electron chi connectivity index (χ0n) is 6.26. The van der Waals surface area contributed by atoms with Crippen molar-refractivity contribution < 1.29 is 0 Å². The molecular weight excluding hydrogens is 158 g/mol. The van der Waals surface area contributed by atoms with Crippen molar-refractivity contribution in [2.45, 2.75) is 6.42 Å². The molecule has 0 amide bonds. The summed E-state index contributed by atoms with van der Waals surface area (Å²) in [5.74, 6) is 0. The van der Waals surface area contributed by atoms with Gasteiger partial charge in [0.25, 0.3) is 0 Å². The van der Waals surface area contributed by atoms with Crippen LogP contribution in [-0.2, 0) is 6.42 Å². The molecule has 1 rings (SSSR count). The van der Waals surface area contributed by atoms with Crippen molar-refractivity contribution in [3.8, 4) is 0 Å². The molecule has 1 nitrogen and oxygen atoms in total. The first-order chi connectivity index (χ1) is 5.33. The number of nitrogens with zero attached hydrogens (tertiary/aromatic N) is 1. The third-order valence-corrected chi connectivity index (χ3v) is 1.72. The molecule has 1 aromatic rings. The minimum Gasteiger partial charge on any atom is -0.301 e. The predicted octanol–water partition coefficient (Wildman–Crippen LogP) is 2.58. The summed E-state index contributed by atoms with van der Waals surface area (Å²) in [6, 6.07) is 7.79. The van der Waals surface area contributed by atoms with E-state index in [0.717, 1.165) is 18.0 Å². The van der Waals surface area contributed by atoms with Crippen LogP contribution < -0.4 is 0 Å². The average Bonchev–Trinajstić information content (AvgIpc) is 2.04. The lowest BCUT2D eigenvalue weighted by atomic mass is 10.2. The van der Waals surface area contributed by atoms with E-state index in [1.165, 1.54) is 5.56 Å². The minimum absolute atomic E-state index is 0.778. The highest BCUT2D eigenvalue weighted by atomic mass is 35.5. The molecule has 1 aromatic carbocycles. The fraction of sp³-hybridized carbons (Fsp3) is 0.222. The van der Waals surface area contributed by atoms with E-state index < -0.39 is 0 Å². The van der Waals surface area contributed by atoms with Crippen molar-refractivity contribution >= 4 is 18.3 Å². The average molecular weight is 168 g/mol. The van der Waals surface area contributed by atoms with Crippen molar-refractivity contribution in [3.63, 3.8) is 0 Å². The monoisotopic (exact) mass is 167 g/mol. The van der Waals surface area contributed by atoms with Crippen LogP contribution in [-0.4, -0.2) is 13.3 Å². The second kappa shape index (κ2) is 4.14. The first-order valence-electron chi connectivity index (χ1n) is 3.50. The molecule has 0 aliphatic heterocycles. The SMILES string of the molecule is C=NCCc1ccc(Cl)cc1. The topological polar surface area (TPSA) is 12.4 Å². The van der Waals surface area contributed by atoms with E-state index in [1.807, 2.05) is 24.3 Å². The fourth-order valence-electron chi connectivity index (χ4n) is 0.859. The van der Waals surface area contributed by atoms with Crippen LogP contribution in [0.2, 0.25) is 5.02 Å². The van der Waals surface area contributed by atoms with Crippen molar-refractivity contribution in [2.24, 2.45) is 4.99 Å². The van der Waals surface area contributed by atoms with Crippen LogP contribution in [0.1, 0.15) is 5.56 Å². The van der Waals surface area contributed by atoms with Gasteiger partial charge in [0.05, 0.1) is 0 Å². The van der Waals surface area contributed by atoms with Crippen LogP contribution >= 0.6 is 11.6 Å². The van der Waals surface area contributed by atoms with Crippen molar-refractivity contribution in [1.82, 2.24) is 0 Å². The summed E-state index contributed by atoms with van der Waals surface area (Å²) in [5, 5.41) is 0.778. The molecule has 58 valence electrons. The zero-order chi connectivity index (χ0) is 8.10.